The highest BCUT2D eigenvalue weighted by molar-refractivity contribution is 14.1. The van der Waals surface area contributed by atoms with Gasteiger partial charge < -0.3 is 4.42 Å². The zero-order valence-corrected chi connectivity index (χ0v) is 12.1. The van der Waals surface area contributed by atoms with Crippen LogP contribution in [0.3, 0.4) is 0 Å². The Balaban J connectivity index is 1.97. The van der Waals surface area contributed by atoms with Gasteiger partial charge in [0.1, 0.15) is 5.76 Å². The van der Waals surface area contributed by atoms with Crippen LogP contribution in [0.1, 0.15) is 18.2 Å². The third-order valence-electron chi connectivity index (χ3n) is 2.73. The van der Waals surface area contributed by atoms with Gasteiger partial charge in [-0.2, -0.15) is 0 Å². The summed E-state index contributed by atoms with van der Waals surface area (Å²) < 4.78 is 6.66. The predicted molar refractivity (Wildman–Crippen MR) is 77.7 cm³/mol. The molecule has 0 saturated carbocycles. The number of furan rings is 1. The Kier molecular flexibility index (Phi) is 4.62. The van der Waals surface area contributed by atoms with E-state index in [-0.39, 0.29) is 0 Å². The van der Waals surface area contributed by atoms with Crippen LogP contribution in [0, 0.1) is 3.57 Å². The fourth-order valence-corrected chi connectivity index (χ4v) is 2.11. The normalized spacial score (nSPS) is 11.0. The highest BCUT2D eigenvalue weighted by Crippen LogP contribution is 2.12. The van der Waals surface area contributed by atoms with Crippen LogP contribution < -0.4 is 0 Å². The van der Waals surface area contributed by atoms with E-state index in [1.165, 1.54) is 9.13 Å². The molecule has 0 fully saturated rings. The molecule has 0 saturated heterocycles. The van der Waals surface area contributed by atoms with E-state index >= 15 is 0 Å². The molecule has 1 heterocycles. The van der Waals surface area contributed by atoms with E-state index in [0.717, 1.165) is 25.4 Å². The average Bonchev–Trinajstić information content (AvgIpc) is 2.84. The predicted octanol–water partition coefficient (Wildman–Crippen LogP) is 3.91. The minimum atomic E-state index is 0.871. The molecule has 0 atom stereocenters. The van der Waals surface area contributed by atoms with Gasteiger partial charge in [0, 0.05) is 10.1 Å². The lowest BCUT2D eigenvalue weighted by atomic mass is 10.2. The number of rotatable bonds is 5. The summed E-state index contributed by atoms with van der Waals surface area (Å²) in [6.07, 6.45) is 1.73. The molecule has 2 rings (SSSR count). The summed E-state index contributed by atoms with van der Waals surface area (Å²) in [6, 6.07) is 12.6. The summed E-state index contributed by atoms with van der Waals surface area (Å²) in [7, 11) is 0. The SMILES string of the molecule is CCN(Cc1ccc(I)cc1)Cc1ccco1. The Labute approximate surface area is 116 Å². The van der Waals surface area contributed by atoms with Crippen LogP contribution in [-0.4, -0.2) is 11.4 Å². The van der Waals surface area contributed by atoms with E-state index in [9.17, 15) is 0 Å². The van der Waals surface area contributed by atoms with E-state index in [4.69, 9.17) is 4.42 Å². The Morgan fingerprint density at radius 2 is 1.88 bits per heavy atom. The molecule has 2 aromatic rings. The van der Waals surface area contributed by atoms with Crippen molar-refractivity contribution in [1.29, 1.82) is 0 Å². The van der Waals surface area contributed by atoms with Gasteiger partial charge in [0.05, 0.1) is 12.8 Å². The van der Waals surface area contributed by atoms with Gasteiger partial charge in [-0.1, -0.05) is 19.1 Å². The molecular formula is C14H16INO. The Morgan fingerprint density at radius 3 is 2.47 bits per heavy atom. The minimum absolute atomic E-state index is 0.871. The van der Waals surface area contributed by atoms with Crippen LogP contribution in [-0.2, 0) is 13.1 Å². The molecule has 0 aliphatic carbocycles. The molecule has 3 heteroatoms. The van der Waals surface area contributed by atoms with Crippen LogP contribution in [0.15, 0.2) is 47.1 Å². The molecule has 1 aromatic heterocycles. The highest BCUT2D eigenvalue weighted by Gasteiger charge is 2.06. The van der Waals surface area contributed by atoms with Crippen LogP contribution in [0.2, 0.25) is 0 Å². The van der Waals surface area contributed by atoms with Crippen molar-refractivity contribution in [3.63, 3.8) is 0 Å². The Bertz CT molecular complexity index is 436. The molecule has 90 valence electrons. The maximum Gasteiger partial charge on any atom is 0.117 e. The third kappa shape index (κ3) is 3.85. The van der Waals surface area contributed by atoms with Gasteiger partial charge in [-0.15, -0.1) is 0 Å². The van der Waals surface area contributed by atoms with Gasteiger partial charge in [0.15, 0.2) is 0 Å². The summed E-state index contributed by atoms with van der Waals surface area (Å²) in [5, 5.41) is 0. The largest absolute Gasteiger partial charge is 0.468 e. The number of hydrogen-bond acceptors (Lipinski definition) is 2. The summed E-state index contributed by atoms with van der Waals surface area (Å²) in [4.78, 5) is 2.36. The lowest BCUT2D eigenvalue weighted by Crippen LogP contribution is -2.21. The molecule has 0 spiro atoms. The van der Waals surface area contributed by atoms with Crippen molar-refractivity contribution in [3.8, 4) is 0 Å². The Morgan fingerprint density at radius 1 is 1.12 bits per heavy atom. The van der Waals surface area contributed by atoms with Gasteiger partial charge >= 0.3 is 0 Å². The zero-order chi connectivity index (χ0) is 12.1. The lowest BCUT2D eigenvalue weighted by molar-refractivity contribution is 0.248. The highest BCUT2D eigenvalue weighted by atomic mass is 127. The number of nitrogens with zero attached hydrogens (tertiary/aromatic N) is 1. The molecular weight excluding hydrogens is 325 g/mol. The quantitative estimate of drug-likeness (QED) is 0.767. The van der Waals surface area contributed by atoms with E-state index in [0.29, 0.717) is 0 Å². The van der Waals surface area contributed by atoms with Crippen molar-refractivity contribution >= 4 is 22.6 Å². The summed E-state index contributed by atoms with van der Waals surface area (Å²) >= 11 is 2.33. The first-order valence-electron chi connectivity index (χ1n) is 5.77. The molecule has 2 nitrogen and oxygen atoms in total. The molecule has 17 heavy (non-hydrogen) atoms. The van der Waals surface area contributed by atoms with Crippen molar-refractivity contribution in [3.05, 3.63) is 57.6 Å². The molecule has 1 aromatic carbocycles. The maximum atomic E-state index is 5.38. The number of hydrogen-bond donors (Lipinski definition) is 0. The average molecular weight is 341 g/mol. The monoisotopic (exact) mass is 341 g/mol. The van der Waals surface area contributed by atoms with Crippen molar-refractivity contribution in [2.75, 3.05) is 6.54 Å². The molecule has 0 aliphatic rings. The first-order chi connectivity index (χ1) is 8.28. The van der Waals surface area contributed by atoms with Crippen molar-refractivity contribution in [2.24, 2.45) is 0 Å². The first kappa shape index (κ1) is 12.6. The molecule has 0 radical (unpaired) electrons. The fraction of sp³-hybridized carbons (Fsp3) is 0.286. The summed E-state index contributed by atoms with van der Waals surface area (Å²) in [5.41, 5.74) is 1.35. The first-order valence-corrected chi connectivity index (χ1v) is 6.85. The van der Waals surface area contributed by atoms with E-state index < -0.39 is 0 Å². The van der Waals surface area contributed by atoms with Crippen molar-refractivity contribution in [1.82, 2.24) is 4.90 Å². The van der Waals surface area contributed by atoms with Gasteiger partial charge in [-0.3, -0.25) is 4.90 Å². The van der Waals surface area contributed by atoms with E-state index in [1.807, 2.05) is 12.1 Å². The van der Waals surface area contributed by atoms with Crippen LogP contribution in [0.4, 0.5) is 0 Å². The smallest absolute Gasteiger partial charge is 0.117 e. The number of benzene rings is 1. The zero-order valence-electron chi connectivity index (χ0n) is 9.90. The molecule has 0 bridgehead atoms. The third-order valence-corrected chi connectivity index (χ3v) is 3.45. The van der Waals surface area contributed by atoms with Crippen LogP contribution in [0.5, 0.6) is 0 Å². The molecule has 0 unspecified atom stereocenters. The van der Waals surface area contributed by atoms with Gasteiger partial charge in [-0.25, -0.2) is 0 Å². The lowest BCUT2D eigenvalue weighted by Gasteiger charge is -2.19. The second-order valence-corrected chi connectivity index (χ2v) is 5.25. The fourth-order valence-electron chi connectivity index (χ4n) is 1.75. The van der Waals surface area contributed by atoms with Crippen LogP contribution in [0.25, 0.3) is 0 Å². The number of halogens is 1. The maximum absolute atomic E-state index is 5.38. The second kappa shape index (κ2) is 6.21. The summed E-state index contributed by atoms with van der Waals surface area (Å²) in [5.74, 6) is 1.03. The second-order valence-electron chi connectivity index (χ2n) is 4.01. The standard InChI is InChI=1S/C14H16INO/c1-2-16(11-14-4-3-9-17-14)10-12-5-7-13(15)8-6-12/h3-9H,2,10-11H2,1H3. The van der Waals surface area contributed by atoms with Gasteiger partial charge in [0.25, 0.3) is 0 Å². The van der Waals surface area contributed by atoms with Crippen LogP contribution >= 0.6 is 22.6 Å². The van der Waals surface area contributed by atoms with Crippen molar-refractivity contribution < 1.29 is 4.42 Å². The molecule has 0 aliphatic heterocycles. The molecule has 0 N–H and O–H groups in total. The summed E-state index contributed by atoms with van der Waals surface area (Å²) in [6.45, 7) is 5.03. The van der Waals surface area contributed by atoms with Gasteiger partial charge in [-0.05, 0) is 59.0 Å². The van der Waals surface area contributed by atoms with E-state index in [1.54, 1.807) is 6.26 Å². The molecule has 0 amide bonds. The van der Waals surface area contributed by atoms with Crippen molar-refractivity contribution in [2.45, 2.75) is 20.0 Å². The minimum Gasteiger partial charge on any atom is -0.468 e. The topological polar surface area (TPSA) is 16.4 Å². The Hall–Kier alpha value is -0.810. The van der Waals surface area contributed by atoms with Gasteiger partial charge in [0.2, 0.25) is 0 Å². The van der Waals surface area contributed by atoms with E-state index in [2.05, 4.69) is 58.7 Å².